The van der Waals surface area contributed by atoms with Gasteiger partial charge in [-0.3, -0.25) is 0 Å². The van der Waals surface area contributed by atoms with Crippen molar-refractivity contribution in [3.8, 4) is 0 Å². The minimum absolute atomic E-state index is 0.0924. The molecule has 5 heteroatoms. The van der Waals surface area contributed by atoms with Crippen LogP contribution in [0.15, 0.2) is 54.6 Å². The summed E-state index contributed by atoms with van der Waals surface area (Å²) in [5, 5.41) is 14.3. The lowest BCUT2D eigenvalue weighted by Gasteiger charge is -2.17. The van der Waals surface area contributed by atoms with E-state index < -0.39 is 17.9 Å². The van der Waals surface area contributed by atoms with E-state index >= 15 is 0 Å². The molecule has 3 N–H and O–H groups in total. The van der Waals surface area contributed by atoms with Crippen LogP contribution in [0, 0.1) is 5.82 Å². The molecule has 0 saturated carbocycles. The molecule has 0 fully saturated rings. The quantitative estimate of drug-likeness (QED) is 0.802. The van der Waals surface area contributed by atoms with Gasteiger partial charge in [0.15, 0.2) is 0 Å². The zero-order valence-electron chi connectivity index (χ0n) is 10.7. The number of hydrogen-bond donors (Lipinski definition) is 3. The molecule has 0 unspecified atom stereocenters. The number of carbonyl (C=O) groups is 1. The highest BCUT2D eigenvalue weighted by Gasteiger charge is 2.14. The number of halogens is 1. The summed E-state index contributed by atoms with van der Waals surface area (Å²) >= 11 is 0. The van der Waals surface area contributed by atoms with Crippen molar-refractivity contribution in [2.24, 2.45) is 0 Å². The van der Waals surface area contributed by atoms with Gasteiger partial charge in [0, 0.05) is 0 Å². The third kappa shape index (κ3) is 3.55. The van der Waals surface area contributed by atoms with Crippen molar-refractivity contribution >= 4 is 11.7 Å². The van der Waals surface area contributed by atoms with Gasteiger partial charge >= 0.3 is 6.03 Å². The fourth-order valence-electron chi connectivity index (χ4n) is 1.80. The Morgan fingerprint density at radius 2 is 1.75 bits per heavy atom. The van der Waals surface area contributed by atoms with Gasteiger partial charge in [-0.2, -0.15) is 0 Å². The zero-order valence-corrected chi connectivity index (χ0v) is 10.7. The van der Waals surface area contributed by atoms with E-state index in [0.717, 1.165) is 5.56 Å². The van der Waals surface area contributed by atoms with E-state index in [-0.39, 0.29) is 12.3 Å². The van der Waals surface area contributed by atoms with Crippen LogP contribution in [0.2, 0.25) is 0 Å². The first kappa shape index (κ1) is 14.0. The fourth-order valence-corrected chi connectivity index (χ4v) is 1.80. The molecule has 0 heterocycles. The van der Waals surface area contributed by atoms with Crippen molar-refractivity contribution in [2.75, 3.05) is 11.9 Å². The summed E-state index contributed by atoms with van der Waals surface area (Å²) in [7, 11) is 0. The molecule has 0 spiro atoms. The fraction of sp³-hybridized carbons (Fsp3) is 0.133. The number of urea groups is 1. The molecule has 0 aromatic heterocycles. The second-order valence-corrected chi connectivity index (χ2v) is 4.22. The smallest absolute Gasteiger partial charge is 0.319 e. The Labute approximate surface area is 116 Å². The van der Waals surface area contributed by atoms with E-state index in [2.05, 4.69) is 10.6 Å². The van der Waals surface area contributed by atoms with Crippen LogP contribution in [0.5, 0.6) is 0 Å². The first-order chi connectivity index (χ1) is 9.70. The number of aliphatic hydroxyl groups is 1. The van der Waals surface area contributed by atoms with E-state index in [1.54, 1.807) is 24.3 Å². The van der Waals surface area contributed by atoms with Crippen LogP contribution in [0.4, 0.5) is 14.9 Å². The molecular formula is C15H15FN2O2. The number of hydrogen-bond acceptors (Lipinski definition) is 2. The third-order valence-electron chi connectivity index (χ3n) is 2.81. The number of aliphatic hydroxyl groups excluding tert-OH is 1. The van der Waals surface area contributed by atoms with Gasteiger partial charge in [-0.05, 0) is 17.7 Å². The summed E-state index contributed by atoms with van der Waals surface area (Å²) in [6.45, 7) is -0.241. The number of nitrogens with one attached hydrogen (secondary N) is 2. The average molecular weight is 274 g/mol. The first-order valence-corrected chi connectivity index (χ1v) is 6.18. The molecule has 0 aliphatic rings. The summed E-state index contributed by atoms with van der Waals surface area (Å²) in [4.78, 5) is 11.8. The number of amides is 2. The lowest BCUT2D eigenvalue weighted by molar-refractivity contribution is 0.225. The van der Waals surface area contributed by atoms with Crippen molar-refractivity contribution < 1.29 is 14.3 Å². The standard InChI is InChI=1S/C15H15FN2O2/c16-12-8-4-5-9-13(12)17-15(20)18-14(10-19)11-6-2-1-3-7-11/h1-9,14,19H,10H2,(H2,17,18,20)/t14-/m1/s1. The van der Waals surface area contributed by atoms with Gasteiger partial charge < -0.3 is 15.7 Å². The summed E-state index contributed by atoms with van der Waals surface area (Å²) < 4.78 is 13.4. The van der Waals surface area contributed by atoms with Gasteiger partial charge in [0.2, 0.25) is 0 Å². The van der Waals surface area contributed by atoms with Crippen LogP contribution < -0.4 is 10.6 Å². The van der Waals surface area contributed by atoms with Crippen LogP contribution in [0.1, 0.15) is 11.6 Å². The lowest BCUT2D eigenvalue weighted by Crippen LogP contribution is -2.34. The first-order valence-electron chi connectivity index (χ1n) is 6.18. The minimum Gasteiger partial charge on any atom is -0.394 e. The molecule has 0 bridgehead atoms. The van der Waals surface area contributed by atoms with Crippen LogP contribution in [0.3, 0.4) is 0 Å². The molecule has 2 aromatic carbocycles. The SMILES string of the molecule is O=C(Nc1ccccc1F)N[C@H](CO)c1ccccc1. The highest BCUT2D eigenvalue weighted by molar-refractivity contribution is 5.89. The molecule has 20 heavy (non-hydrogen) atoms. The Morgan fingerprint density at radius 1 is 1.10 bits per heavy atom. The summed E-state index contributed by atoms with van der Waals surface area (Å²) in [6.07, 6.45) is 0. The Morgan fingerprint density at radius 3 is 2.40 bits per heavy atom. The maximum Gasteiger partial charge on any atom is 0.319 e. The Bertz CT molecular complexity index is 575. The lowest BCUT2D eigenvalue weighted by atomic mass is 10.1. The maximum absolute atomic E-state index is 13.4. The number of anilines is 1. The molecule has 104 valence electrons. The van der Waals surface area contributed by atoms with Gasteiger partial charge in [0.1, 0.15) is 5.82 Å². The second kappa shape index (κ2) is 6.68. The molecule has 1 atom stereocenters. The van der Waals surface area contributed by atoms with Crippen molar-refractivity contribution in [1.29, 1.82) is 0 Å². The molecule has 0 radical (unpaired) electrons. The molecular weight excluding hydrogens is 259 g/mol. The number of para-hydroxylation sites is 1. The van der Waals surface area contributed by atoms with Crippen LogP contribution in [-0.2, 0) is 0 Å². The highest BCUT2D eigenvalue weighted by atomic mass is 19.1. The summed E-state index contributed by atoms with van der Waals surface area (Å²) in [5.41, 5.74) is 0.869. The molecule has 2 amide bonds. The summed E-state index contributed by atoms with van der Waals surface area (Å²) in [5.74, 6) is -0.511. The van der Waals surface area contributed by atoms with E-state index in [4.69, 9.17) is 0 Å². The van der Waals surface area contributed by atoms with Gasteiger partial charge in [-0.25, -0.2) is 9.18 Å². The van der Waals surface area contributed by atoms with E-state index in [1.807, 2.05) is 18.2 Å². The monoisotopic (exact) mass is 274 g/mol. The molecule has 0 aliphatic heterocycles. The van der Waals surface area contributed by atoms with Gasteiger partial charge in [-0.1, -0.05) is 42.5 Å². The second-order valence-electron chi connectivity index (χ2n) is 4.22. The van der Waals surface area contributed by atoms with Crippen molar-refractivity contribution in [1.82, 2.24) is 5.32 Å². The third-order valence-corrected chi connectivity index (χ3v) is 2.81. The van der Waals surface area contributed by atoms with Crippen LogP contribution >= 0.6 is 0 Å². The van der Waals surface area contributed by atoms with Crippen LogP contribution in [0.25, 0.3) is 0 Å². The van der Waals surface area contributed by atoms with E-state index in [1.165, 1.54) is 12.1 Å². The van der Waals surface area contributed by atoms with Crippen molar-refractivity contribution in [3.05, 3.63) is 66.0 Å². The Balaban J connectivity index is 2.02. The molecule has 4 nitrogen and oxygen atoms in total. The van der Waals surface area contributed by atoms with Crippen LogP contribution in [-0.4, -0.2) is 17.7 Å². The predicted molar refractivity (Wildman–Crippen MR) is 74.8 cm³/mol. The Hall–Kier alpha value is -2.40. The number of rotatable bonds is 4. The number of benzene rings is 2. The normalized spacial score (nSPS) is 11.7. The predicted octanol–water partition coefficient (Wildman–Crippen LogP) is 2.68. The topological polar surface area (TPSA) is 61.4 Å². The minimum atomic E-state index is -0.571. The summed E-state index contributed by atoms with van der Waals surface area (Å²) in [6, 6.07) is 13.8. The van der Waals surface area contributed by atoms with Gasteiger partial charge in [0.25, 0.3) is 0 Å². The molecule has 2 aromatic rings. The number of carbonyl (C=O) groups excluding carboxylic acids is 1. The van der Waals surface area contributed by atoms with E-state index in [0.29, 0.717) is 0 Å². The maximum atomic E-state index is 13.4. The zero-order chi connectivity index (χ0) is 14.4. The van der Waals surface area contributed by atoms with Crippen molar-refractivity contribution in [3.63, 3.8) is 0 Å². The highest BCUT2D eigenvalue weighted by Crippen LogP contribution is 2.14. The largest absolute Gasteiger partial charge is 0.394 e. The molecule has 0 saturated heterocycles. The Kier molecular flexibility index (Phi) is 4.68. The van der Waals surface area contributed by atoms with Gasteiger partial charge in [0.05, 0.1) is 18.3 Å². The average Bonchev–Trinajstić information content (AvgIpc) is 2.48. The van der Waals surface area contributed by atoms with E-state index in [9.17, 15) is 14.3 Å². The van der Waals surface area contributed by atoms with Crippen molar-refractivity contribution in [2.45, 2.75) is 6.04 Å². The molecule has 0 aliphatic carbocycles. The van der Waals surface area contributed by atoms with Gasteiger partial charge in [-0.15, -0.1) is 0 Å². The molecule has 2 rings (SSSR count).